The van der Waals surface area contributed by atoms with Crippen molar-refractivity contribution in [2.24, 2.45) is 11.8 Å². The quantitative estimate of drug-likeness (QED) is 0.550. The summed E-state index contributed by atoms with van der Waals surface area (Å²) in [5.41, 5.74) is 0. The molecule has 11 heavy (non-hydrogen) atoms. The molecule has 3 fully saturated rings. The molecule has 3 aliphatic heterocycles. The first-order valence-corrected chi connectivity index (χ1v) is 4.56. The summed E-state index contributed by atoms with van der Waals surface area (Å²) in [7, 11) is 0. The van der Waals surface area contributed by atoms with E-state index >= 15 is 0 Å². The van der Waals surface area contributed by atoms with E-state index in [4.69, 9.17) is 0 Å². The molecule has 0 radical (unpaired) electrons. The average molecular weight is 153 g/mol. The summed E-state index contributed by atoms with van der Waals surface area (Å²) in [5.74, 6) is 1.56. The highest BCUT2D eigenvalue weighted by Gasteiger charge is 2.33. The number of carbonyl (C=O) groups is 1. The fourth-order valence-electron chi connectivity index (χ4n) is 2.48. The molecule has 0 aromatic rings. The van der Waals surface area contributed by atoms with Crippen LogP contribution in [0.2, 0.25) is 0 Å². The molecule has 0 amide bonds. The van der Waals surface area contributed by atoms with E-state index < -0.39 is 0 Å². The summed E-state index contributed by atoms with van der Waals surface area (Å²) in [4.78, 5) is 12.8. The predicted molar refractivity (Wildman–Crippen MR) is 43.3 cm³/mol. The van der Waals surface area contributed by atoms with E-state index in [1.54, 1.807) is 0 Å². The molecule has 0 aromatic carbocycles. The molecule has 1 atom stereocenters. The molecular formula is C9H15NO. The Morgan fingerprint density at radius 3 is 2.55 bits per heavy atom. The molecule has 2 bridgehead atoms. The van der Waals surface area contributed by atoms with Gasteiger partial charge >= 0.3 is 0 Å². The third-order valence-corrected chi connectivity index (χ3v) is 3.19. The van der Waals surface area contributed by atoms with Gasteiger partial charge in [0.2, 0.25) is 0 Å². The van der Waals surface area contributed by atoms with Gasteiger partial charge in [0.05, 0.1) is 0 Å². The SMILES string of the molecule is O=CC[C@@H]1CN2CCC1CC2. The second kappa shape index (κ2) is 2.94. The topological polar surface area (TPSA) is 20.3 Å². The molecule has 0 aromatic heterocycles. The zero-order chi connectivity index (χ0) is 7.68. The first kappa shape index (κ1) is 7.29. The number of rotatable bonds is 2. The fraction of sp³-hybridized carbons (Fsp3) is 0.889. The summed E-state index contributed by atoms with van der Waals surface area (Å²) in [6, 6.07) is 0. The van der Waals surface area contributed by atoms with Crippen molar-refractivity contribution in [1.82, 2.24) is 4.90 Å². The summed E-state index contributed by atoms with van der Waals surface area (Å²) < 4.78 is 0. The van der Waals surface area contributed by atoms with Gasteiger partial charge in [-0.3, -0.25) is 0 Å². The minimum absolute atomic E-state index is 0.690. The Bertz CT molecular complexity index is 150. The van der Waals surface area contributed by atoms with E-state index in [-0.39, 0.29) is 0 Å². The zero-order valence-electron chi connectivity index (χ0n) is 6.83. The summed E-state index contributed by atoms with van der Waals surface area (Å²) in [5, 5.41) is 0. The molecule has 3 rings (SSSR count). The maximum absolute atomic E-state index is 10.3. The van der Waals surface area contributed by atoms with Crippen LogP contribution in [0.5, 0.6) is 0 Å². The maximum atomic E-state index is 10.3. The van der Waals surface area contributed by atoms with Crippen LogP contribution in [0.3, 0.4) is 0 Å². The van der Waals surface area contributed by atoms with Crippen LogP contribution in [0.25, 0.3) is 0 Å². The number of aldehydes is 1. The van der Waals surface area contributed by atoms with E-state index in [2.05, 4.69) is 4.90 Å². The molecular weight excluding hydrogens is 138 g/mol. The lowest BCUT2D eigenvalue weighted by molar-refractivity contribution is -0.110. The first-order valence-electron chi connectivity index (χ1n) is 4.56. The van der Waals surface area contributed by atoms with Gasteiger partial charge in [0.1, 0.15) is 6.29 Å². The summed E-state index contributed by atoms with van der Waals surface area (Å²) >= 11 is 0. The maximum Gasteiger partial charge on any atom is 0.120 e. The van der Waals surface area contributed by atoms with Crippen molar-refractivity contribution in [3.05, 3.63) is 0 Å². The van der Waals surface area contributed by atoms with Crippen LogP contribution in [0.1, 0.15) is 19.3 Å². The van der Waals surface area contributed by atoms with E-state index in [0.29, 0.717) is 5.92 Å². The Labute approximate surface area is 67.6 Å². The lowest BCUT2D eigenvalue weighted by Crippen LogP contribution is -2.47. The van der Waals surface area contributed by atoms with Crippen LogP contribution in [-0.2, 0) is 4.79 Å². The standard InChI is InChI=1S/C9H15NO/c11-6-3-9-7-10-4-1-8(9)2-5-10/h6,8-9H,1-5,7H2/t9-/m1/s1. The molecule has 0 saturated carbocycles. The second-order valence-electron chi connectivity index (χ2n) is 3.80. The van der Waals surface area contributed by atoms with Crippen LogP contribution in [-0.4, -0.2) is 30.8 Å². The smallest absolute Gasteiger partial charge is 0.120 e. The lowest BCUT2D eigenvalue weighted by atomic mass is 9.78. The second-order valence-corrected chi connectivity index (χ2v) is 3.80. The van der Waals surface area contributed by atoms with Gasteiger partial charge in [0, 0.05) is 13.0 Å². The molecule has 0 unspecified atom stereocenters. The van der Waals surface area contributed by atoms with Crippen molar-refractivity contribution in [1.29, 1.82) is 0 Å². The largest absolute Gasteiger partial charge is 0.303 e. The monoisotopic (exact) mass is 153 g/mol. The number of nitrogens with zero attached hydrogens (tertiary/aromatic N) is 1. The summed E-state index contributed by atoms with van der Waals surface area (Å²) in [6.07, 6.45) is 4.55. The Morgan fingerprint density at radius 1 is 1.36 bits per heavy atom. The molecule has 3 heterocycles. The van der Waals surface area contributed by atoms with Crippen molar-refractivity contribution in [2.45, 2.75) is 19.3 Å². The van der Waals surface area contributed by atoms with Crippen LogP contribution in [0, 0.1) is 11.8 Å². The van der Waals surface area contributed by atoms with Crippen molar-refractivity contribution in [3.8, 4) is 0 Å². The molecule has 2 nitrogen and oxygen atoms in total. The van der Waals surface area contributed by atoms with Gasteiger partial charge in [-0.1, -0.05) is 0 Å². The Hall–Kier alpha value is -0.370. The number of hydrogen-bond acceptors (Lipinski definition) is 2. The minimum Gasteiger partial charge on any atom is -0.303 e. The van der Waals surface area contributed by atoms with E-state index in [1.165, 1.54) is 32.5 Å². The number of carbonyl (C=O) groups excluding carboxylic acids is 1. The number of hydrogen-bond donors (Lipinski definition) is 0. The molecule has 3 saturated heterocycles. The van der Waals surface area contributed by atoms with E-state index in [9.17, 15) is 4.79 Å². The Kier molecular flexibility index (Phi) is 1.95. The lowest BCUT2D eigenvalue weighted by Gasteiger charge is -2.44. The van der Waals surface area contributed by atoms with Gasteiger partial charge in [0.15, 0.2) is 0 Å². The summed E-state index contributed by atoms with van der Waals surface area (Å²) in [6.45, 7) is 3.74. The van der Waals surface area contributed by atoms with Crippen LogP contribution in [0.15, 0.2) is 0 Å². The third-order valence-electron chi connectivity index (χ3n) is 3.19. The normalized spacial score (nSPS) is 42.4. The van der Waals surface area contributed by atoms with Crippen molar-refractivity contribution in [2.75, 3.05) is 19.6 Å². The van der Waals surface area contributed by atoms with Gasteiger partial charge < -0.3 is 9.69 Å². The highest BCUT2D eigenvalue weighted by Crippen LogP contribution is 2.33. The molecule has 0 aliphatic carbocycles. The Balaban J connectivity index is 1.97. The van der Waals surface area contributed by atoms with Gasteiger partial charge in [-0.2, -0.15) is 0 Å². The Morgan fingerprint density at radius 2 is 2.09 bits per heavy atom. The van der Waals surface area contributed by atoms with Gasteiger partial charge in [-0.25, -0.2) is 0 Å². The minimum atomic E-state index is 0.690. The predicted octanol–water partition coefficient (Wildman–Crippen LogP) is 0.917. The highest BCUT2D eigenvalue weighted by atomic mass is 16.1. The molecule has 62 valence electrons. The van der Waals surface area contributed by atoms with Crippen molar-refractivity contribution < 1.29 is 4.79 Å². The molecule has 2 heteroatoms. The first-order chi connectivity index (χ1) is 5.40. The average Bonchev–Trinajstić information content (AvgIpc) is 2.07. The molecule has 0 N–H and O–H groups in total. The van der Waals surface area contributed by atoms with Crippen molar-refractivity contribution >= 4 is 6.29 Å². The van der Waals surface area contributed by atoms with Crippen molar-refractivity contribution in [3.63, 3.8) is 0 Å². The van der Waals surface area contributed by atoms with Crippen LogP contribution < -0.4 is 0 Å². The van der Waals surface area contributed by atoms with E-state index in [0.717, 1.165) is 18.6 Å². The van der Waals surface area contributed by atoms with Gasteiger partial charge in [0.25, 0.3) is 0 Å². The third kappa shape index (κ3) is 1.32. The molecule has 3 aliphatic rings. The van der Waals surface area contributed by atoms with Gasteiger partial charge in [-0.15, -0.1) is 0 Å². The van der Waals surface area contributed by atoms with E-state index in [1.807, 2.05) is 0 Å². The highest BCUT2D eigenvalue weighted by molar-refractivity contribution is 5.49. The number of fused-ring (bicyclic) bond motifs is 3. The van der Waals surface area contributed by atoms with Gasteiger partial charge in [-0.05, 0) is 37.8 Å². The van der Waals surface area contributed by atoms with Crippen LogP contribution in [0.4, 0.5) is 0 Å². The van der Waals surface area contributed by atoms with Crippen LogP contribution >= 0.6 is 0 Å². The fourth-order valence-corrected chi connectivity index (χ4v) is 2.48. The number of piperidine rings is 3. The zero-order valence-corrected chi connectivity index (χ0v) is 6.83. The molecule has 0 spiro atoms.